The van der Waals surface area contributed by atoms with Crippen molar-refractivity contribution in [2.45, 2.75) is 25.7 Å². The van der Waals surface area contributed by atoms with Crippen LogP contribution in [0.3, 0.4) is 0 Å². The van der Waals surface area contributed by atoms with Crippen molar-refractivity contribution in [1.82, 2.24) is 4.90 Å². The van der Waals surface area contributed by atoms with E-state index in [4.69, 9.17) is 4.74 Å². The largest absolute Gasteiger partial charge is 0.492 e. The molecular formula is C27H31NO2. The zero-order valence-corrected chi connectivity index (χ0v) is 18.4. The van der Waals surface area contributed by atoms with Gasteiger partial charge >= 0.3 is 0 Å². The third kappa shape index (κ3) is 5.17. The van der Waals surface area contributed by atoms with Crippen LogP contribution in [0, 0.1) is 6.92 Å². The predicted molar refractivity (Wildman–Crippen MR) is 124 cm³/mol. The van der Waals surface area contributed by atoms with Crippen LogP contribution >= 0.6 is 0 Å². The third-order valence-corrected chi connectivity index (χ3v) is 5.63. The number of ketones is 1. The summed E-state index contributed by atoms with van der Waals surface area (Å²) in [5.74, 6) is 1.04. The van der Waals surface area contributed by atoms with Gasteiger partial charge in [0.25, 0.3) is 0 Å². The molecule has 3 nitrogen and oxygen atoms in total. The molecule has 0 saturated carbocycles. The maximum Gasteiger partial charge on any atom is 0.164 e. The second-order valence-electron chi connectivity index (χ2n) is 8.30. The first-order valence-corrected chi connectivity index (χ1v) is 10.4. The van der Waals surface area contributed by atoms with E-state index in [1.807, 2.05) is 68.7 Å². The van der Waals surface area contributed by atoms with Crippen LogP contribution < -0.4 is 4.74 Å². The molecule has 1 unspecified atom stereocenters. The van der Waals surface area contributed by atoms with E-state index >= 15 is 0 Å². The topological polar surface area (TPSA) is 29.5 Å². The zero-order valence-electron chi connectivity index (χ0n) is 18.4. The number of benzene rings is 3. The third-order valence-electron chi connectivity index (χ3n) is 5.63. The molecule has 0 aliphatic rings. The number of ether oxygens (including phenoxy) is 1. The van der Waals surface area contributed by atoms with Crippen LogP contribution in [-0.4, -0.2) is 37.9 Å². The summed E-state index contributed by atoms with van der Waals surface area (Å²) in [6.07, 6.45) is 0.404. The average Bonchev–Trinajstić information content (AvgIpc) is 2.75. The van der Waals surface area contributed by atoms with E-state index < -0.39 is 5.41 Å². The highest BCUT2D eigenvalue weighted by Gasteiger charge is 2.32. The molecule has 30 heavy (non-hydrogen) atoms. The van der Waals surface area contributed by atoms with Gasteiger partial charge in [0.15, 0.2) is 5.78 Å². The number of carbonyl (C=O) groups excluding carboxylic acids is 1. The van der Waals surface area contributed by atoms with Gasteiger partial charge in [0.2, 0.25) is 0 Å². The highest BCUT2D eigenvalue weighted by molar-refractivity contribution is 5.97. The Hall–Kier alpha value is -2.91. The van der Waals surface area contributed by atoms with E-state index in [9.17, 15) is 4.79 Å². The van der Waals surface area contributed by atoms with Gasteiger partial charge in [0.05, 0.1) is 0 Å². The molecule has 0 heterocycles. The smallest absolute Gasteiger partial charge is 0.164 e. The number of likely N-dealkylation sites (N-methyl/N-ethyl adjacent to an activating group) is 1. The Balaban J connectivity index is 1.93. The molecule has 0 aliphatic heterocycles. The molecule has 0 bridgehead atoms. The fraction of sp³-hybridized carbons (Fsp3) is 0.296. The molecule has 0 spiro atoms. The standard InChI is InChI=1S/C27H31NO2/c1-21-19-24(15-16-26(21)30-18-17-28(3)4)27(2,23-13-9-6-10-14-23)20-25(29)22-11-7-5-8-12-22/h5-16,19H,17-18,20H2,1-4H3. The number of nitrogens with zero attached hydrogens (tertiary/aromatic N) is 1. The molecule has 0 fully saturated rings. The molecule has 0 radical (unpaired) electrons. The molecule has 3 heteroatoms. The summed E-state index contributed by atoms with van der Waals surface area (Å²) in [6.45, 7) is 5.74. The molecule has 0 amide bonds. The zero-order chi connectivity index (χ0) is 21.6. The fourth-order valence-electron chi connectivity index (χ4n) is 3.72. The summed E-state index contributed by atoms with van der Waals surface area (Å²) in [5, 5.41) is 0. The summed E-state index contributed by atoms with van der Waals surface area (Å²) in [5.41, 5.74) is 3.66. The van der Waals surface area contributed by atoms with Crippen LogP contribution in [0.1, 0.15) is 40.4 Å². The predicted octanol–water partition coefficient (Wildman–Crippen LogP) is 5.51. The van der Waals surface area contributed by atoms with E-state index in [2.05, 4.69) is 43.0 Å². The summed E-state index contributed by atoms with van der Waals surface area (Å²) < 4.78 is 5.96. The van der Waals surface area contributed by atoms with Crippen molar-refractivity contribution >= 4 is 5.78 Å². The quantitative estimate of drug-likeness (QED) is 0.443. The van der Waals surface area contributed by atoms with Gasteiger partial charge in [-0.25, -0.2) is 0 Å². The summed E-state index contributed by atoms with van der Waals surface area (Å²) in [4.78, 5) is 15.2. The maximum absolute atomic E-state index is 13.1. The normalized spacial score (nSPS) is 13.1. The van der Waals surface area contributed by atoms with Gasteiger partial charge in [-0.3, -0.25) is 4.79 Å². The maximum atomic E-state index is 13.1. The Morgan fingerprint density at radius 2 is 1.53 bits per heavy atom. The minimum absolute atomic E-state index is 0.144. The van der Waals surface area contributed by atoms with E-state index in [1.54, 1.807) is 0 Å². The lowest BCUT2D eigenvalue weighted by atomic mass is 9.72. The second kappa shape index (κ2) is 9.73. The van der Waals surface area contributed by atoms with Crippen molar-refractivity contribution < 1.29 is 9.53 Å². The SMILES string of the molecule is Cc1cc(C(C)(CC(=O)c2ccccc2)c2ccccc2)ccc1OCCN(C)C. The van der Waals surface area contributed by atoms with Gasteiger partial charge in [0, 0.05) is 23.9 Å². The van der Waals surface area contributed by atoms with Gasteiger partial charge in [-0.15, -0.1) is 0 Å². The number of Topliss-reactive ketones (excluding diaryl/α,β-unsaturated/α-hetero) is 1. The van der Waals surface area contributed by atoms with Crippen molar-refractivity contribution in [3.8, 4) is 5.75 Å². The van der Waals surface area contributed by atoms with Crippen molar-refractivity contribution in [3.05, 3.63) is 101 Å². The number of aryl methyl sites for hydroxylation is 1. The molecule has 0 aliphatic carbocycles. The molecular weight excluding hydrogens is 370 g/mol. The van der Waals surface area contributed by atoms with E-state index in [0.29, 0.717) is 13.0 Å². The van der Waals surface area contributed by atoms with Crippen molar-refractivity contribution in [1.29, 1.82) is 0 Å². The first kappa shape index (κ1) is 21.8. The monoisotopic (exact) mass is 401 g/mol. The highest BCUT2D eigenvalue weighted by atomic mass is 16.5. The average molecular weight is 402 g/mol. The van der Waals surface area contributed by atoms with E-state index in [-0.39, 0.29) is 5.78 Å². The Morgan fingerprint density at radius 1 is 0.900 bits per heavy atom. The fourth-order valence-corrected chi connectivity index (χ4v) is 3.72. The Bertz CT molecular complexity index is 967. The molecule has 1 atom stereocenters. The number of carbonyl (C=O) groups is 1. The molecule has 3 aromatic carbocycles. The minimum Gasteiger partial charge on any atom is -0.492 e. The Kier molecular flexibility index (Phi) is 7.07. The van der Waals surface area contributed by atoms with E-state index in [0.717, 1.165) is 34.5 Å². The van der Waals surface area contributed by atoms with Crippen LogP contribution in [0.4, 0.5) is 0 Å². The van der Waals surface area contributed by atoms with Crippen LogP contribution in [0.5, 0.6) is 5.75 Å². The highest BCUT2D eigenvalue weighted by Crippen LogP contribution is 2.38. The molecule has 0 aromatic heterocycles. The van der Waals surface area contributed by atoms with Crippen LogP contribution in [0.15, 0.2) is 78.9 Å². The van der Waals surface area contributed by atoms with Crippen molar-refractivity contribution in [2.24, 2.45) is 0 Å². The second-order valence-corrected chi connectivity index (χ2v) is 8.30. The lowest BCUT2D eigenvalue weighted by Crippen LogP contribution is -2.27. The van der Waals surface area contributed by atoms with Gasteiger partial charge in [-0.05, 0) is 43.8 Å². The first-order chi connectivity index (χ1) is 14.4. The Morgan fingerprint density at radius 3 is 2.13 bits per heavy atom. The number of hydrogen-bond acceptors (Lipinski definition) is 3. The summed E-state index contributed by atoms with van der Waals surface area (Å²) in [7, 11) is 4.07. The Labute approximate surface area is 180 Å². The first-order valence-electron chi connectivity index (χ1n) is 10.4. The number of hydrogen-bond donors (Lipinski definition) is 0. The summed E-state index contributed by atoms with van der Waals surface area (Å²) in [6, 6.07) is 26.1. The lowest BCUT2D eigenvalue weighted by molar-refractivity contribution is 0.0962. The van der Waals surface area contributed by atoms with Gasteiger partial charge < -0.3 is 9.64 Å². The van der Waals surface area contributed by atoms with Crippen molar-refractivity contribution in [2.75, 3.05) is 27.2 Å². The van der Waals surface area contributed by atoms with Crippen molar-refractivity contribution in [3.63, 3.8) is 0 Å². The van der Waals surface area contributed by atoms with Gasteiger partial charge in [-0.1, -0.05) is 79.7 Å². The van der Waals surface area contributed by atoms with Gasteiger partial charge in [0.1, 0.15) is 12.4 Å². The molecule has 0 N–H and O–H groups in total. The lowest BCUT2D eigenvalue weighted by Gasteiger charge is -2.31. The molecule has 3 aromatic rings. The van der Waals surface area contributed by atoms with Crippen LogP contribution in [-0.2, 0) is 5.41 Å². The number of rotatable bonds is 9. The van der Waals surface area contributed by atoms with E-state index in [1.165, 1.54) is 0 Å². The molecule has 0 saturated heterocycles. The molecule has 3 rings (SSSR count). The summed E-state index contributed by atoms with van der Waals surface area (Å²) >= 11 is 0. The molecule has 156 valence electrons. The van der Waals surface area contributed by atoms with Gasteiger partial charge in [-0.2, -0.15) is 0 Å². The van der Waals surface area contributed by atoms with Crippen LogP contribution in [0.2, 0.25) is 0 Å². The van der Waals surface area contributed by atoms with Crippen LogP contribution in [0.25, 0.3) is 0 Å². The minimum atomic E-state index is -0.429.